The van der Waals surface area contributed by atoms with Crippen LogP contribution < -0.4 is 5.32 Å². The number of ketones is 1. The smallest absolute Gasteiger partial charge is 0.220 e. The fourth-order valence-electron chi connectivity index (χ4n) is 1.55. The fraction of sp³-hybridized carbons (Fsp3) is 0.0667. The Kier molecular flexibility index (Phi) is 3.85. The van der Waals surface area contributed by atoms with Crippen LogP contribution in [0.3, 0.4) is 0 Å². The van der Waals surface area contributed by atoms with Crippen LogP contribution in [-0.4, -0.2) is 10.8 Å². The number of Topliss-reactive ketones (excluding diaryl/α,β-unsaturated/α-hetero) is 1. The van der Waals surface area contributed by atoms with Crippen molar-refractivity contribution in [3.8, 4) is 0 Å². The van der Waals surface area contributed by atoms with Crippen molar-refractivity contribution in [2.45, 2.75) is 6.92 Å². The molecule has 0 atom stereocenters. The zero-order chi connectivity index (χ0) is 13.0. The van der Waals surface area contributed by atoms with Gasteiger partial charge in [0.2, 0.25) is 5.78 Å². The predicted molar refractivity (Wildman–Crippen MR) is 78.2 cm³/mol. The SMILES string of the molecule is Cc1ccc(C(=O)C(=S)Nc2ccccc2)cc1. The number of anilines is 1. The molecule has 2 rings (SSSR count). The van der Waals surface area contributed by atoms with Crippen molar-refractivity contribution in [2.24, 2.45) is 0 Å². The first-order valence-electron chi connectivity index (χ1n) is 5.64. The Morgan fingerprint density at radius 3 is 2.22 bits per heavy atom. The van der Waals surface area contributed by atoms with E-state index in [2.05, 4.69) is 5.32 Å². The van der Waals surface area contributed by atoms with Crippen molar-refractivity contribution in [1.29, 1.82) is 0 Å². The molecule has 1 N–H and O–H groups in total. The Morgan fingerprint density at radius 2 is 1.61 bits per heavy atom. The van der Waals surface area contributed by atoms with Gasteiger partial charge in [0.25, 0.3) is 0 Å². The summed E-state index contributed by atoms with van der Waals surface area (Å²) in [6.07, 6.45) is 0. The molecule has 0 aliphatic rings. The van der Waals surface area contributed by atoms with Crippen molar-refractivity contribution < 1.29 is 4.79 Å². The first-order valence-corrected chi connectivity index (χ1v) is 6.05. The minimum Gasteiger partial charge on any atom is -0.343 e. The maximum absolute atomic E-state index is 12.1. The molecule has 0 aliphatic heterocycles. The highest BCUT2D eigenvalue weighted by atomic mass is 32.1. The molecule has 0 fully saturated rings. The number of benzene rings is 2. The monoisotopic (exact) mass is 255 g/mol. The van der Waals surface area contributed by atoms with E-state index in [0.717, 1.165) is 11.3 Å². The van der Waals surface area contributed by atoms with Crippen LogP contribution >= 0.6 is 12.2 Å². The molecule has 18 heavy (non-hydrogen) atoms. The highest BCUT2D eigenvalue weighted by Crippen LogP contribution is 2.09. The largest absolute Gasteiger partial charge is 0.343 e. The van der Waals surface area contributed by atoms with E-state index in [1.54, 1.807) is 12.1 Å². The van der Waals surface area contributed by atoms with Crippen LogP contribution in [0.1, 0.15) is 15.9 Å². The molecule has 0 saturated carbocycles. The normalized spacial score (nSPS) is 9.83. The summed E-state index contributed by atoms with van der Waals surface area (Å²) >= 11 is 5.11. The maximum Gasteiger partial charge on any atom is 0.220 e. The number of nitrogens with one attached hydrogen (secondary N) is 1. The van der Waals surface area contributed by atoms with E-state index in [-0.39, 0.29) is 10.8 Å². The molecule has 0 bridgehead atoms. The standard InChI is InChI=1S/C15H13NOS/c1-11-7-9-12(10-8-11)14(17)15(18)16-13-5-3-2-4-6-13/h2-10H,1H3,(H,16,18). The minimum absolute atomic E-state index is 0.158. The van der Waals surface area contributed by atoms with E-state index in [4.69, 9.17) is 12.2 Å². The third-order valence-electron chi connectivity index (χ3n) is 2.55. The van der Waals surface area contributed by atoms with Crippen molar-refractivity contribution in [3.05, 3.63) is 65.7 Å². The number of hydrogen-bond acceptors (Lipinski definition) is 2. The van der Waals surface area contributed by atoms with E-state index in [0.29, 0.717) is 5.56 Å². The molecule has 0 aromatic heterocycles. The average molecular weight is 255 g/mol. The summed E-state index contributed by atoms with van der Waals surface area (Å²) in [5.41, 5.74) is 2.55. The molecule has 0 heterocycles. The van der Waals surface area contributed by atoms with Crippen LogP contribution in [0, 0.1) is 6.92 Å². The van der Waals surface area contributed by atoms with Gasteiger partial charge in [-0.15, -0.1) is 0 Å². The molecule has 90 valence electrons. The van der Waals surface area contributed by atoms with Gasteiger partial charge in [-0.3, -0.25) is 4.79 Å². The summed E-state index contributed by atoms with van der Waals surface area (Å²) in [6.45, 7) is 1.98. The van der Waals surface area contributed by atoms with Gasteiger partial charge in [-0.1, -0.05) is 60.2 Å². The van der Waals surface area contributed by atoms with Crippen LogP contribution in [0.5, 0.6) is 0 Å². The Balaban J connectivity index is 2.10. The number of rotatable bonds is 3. The van der Waals surface area contributed by atoms with Crippen molar-refractivity contribution in [2.75, 3.05) is 5.32 Å². The number of thiocarbonyl (C=S) groups is 1. The molecule has 0 saturated heterocycles. The fourth-order valence-corrected chi connectivity index (χ4v) is 1.78. The number of carbonyl (C=O) groups excluding carboxylic acids is 1. The van der Waals surface area contributed by atoms with E-state index < -0.39 is 0 Å². The molecule has 2 nitrogen and oxygen atoms in total. The second kappa shape index (κ2) is 5.56. The molecule has 0 radical (unpaired) electrons. The Bertz CT molecular complexity index is 561. The van der Waals surface area contributed by atoms with Crippen LogP contribution in [0.15, 0.2) is 54.6 Å². The van der Waals surface area contributed by atoms with E-state index >= 15 is 0 Å². The van der Waals surface area contributed by atoms with Crippen LogP contribution in [0.4, 0.5) is 5.69 Å². The van der Waals surface area contributed by atoms with Crippen LogP contribution in [0.2, 0.25) is 0 Å². The molecule has 2 aromatic rings. The topological polar surface area (TPSA) is 29.1 Å². The van der Waals surface area contributed by atoms with Gasteiger partial charge in [0.05, 0.1) is 0 Å². The van der Waals surface area contributed by atoms with Gasteiger partial charge in [0.15, 0.2) is 4.99 Å². The first kappa shape index (κ1) is 12.5. The van der Waals surface area contributed by atoms with Crippen molar-refractivity contribution in [1.82, 2.24) is 0 Å². The number of aryl methyl sites for hydroxylation is 1. The molecule has 2 aromatic carbocycles. The van der Waals surface area contributed by atoms with E-state index in [1.807, 2.05) is 49.4 Å². The average Bonchev–Trinajstić information content (AvgIpc) is 2.40. The molecular formula is C15H13NOS. The molecule has 0 amide bonds. The Hall–Kier alpha value is -2.00. The predicted octanol–water partition coefficient (Wildman–Crippen LogP) is 3.62. The van der Waals surface area contributed by atoms with E-state index in [1.165, 1.54) is 0 Å². The van der Waals surface area contributed by atoms with Crippen LogP contribution in [0.25, 0.3) is 0 Å². The van der Waals surface area contributed by atoms with Gasteiger partial charge in [-0.25, -0.2) is 0 Å². The van der Waals surface area contributed by atoms with Gasteiger partial charge < -0.3 is 5.32 Å². The second-order valence-electron chi connectivity index (χ2n) is 4.02. The summed E-state index contributed by atoms with van der Waals surface area (Å²) < 4.78 is 0. The second-order valence-corrected chi connectivity index (χ2v) is 4.42. The number of carbonyl (C=O) groups is 1. The van der Waals surface area contributed by atoms with Crippen molar-refractivity contribution >= 4 is 28.7 Å². The zero-order valence-corrected chi connectivity index (χ0v) is 10.8. The lowest BCUT2D eigenvalue weighted by atomic mass is 10.1. The maximum atomic E-state index is 12.1. The zero-order valence-electron chi connectivity index (χ0n) is 10.0. The quantitative estimate of drug-likeness (QED) is 0.671. The molecule has 0 spiro atoms. The summed E-state index contributed by atoms with van der Waals surface area (Å²) in [6, 6.07) is 16.8. The summed E-state index contributed by atoms with van der Waals surface area (Å²) in [5, 5.41) is 2.94. The third-order valence-corrected chi connectivity index (χ3v) is 2.84. The molecule has 0 aliphatic carbocycles. The highest BCUT2D eigenvalue weighted by molar-refractivity contribution is 7.82. The Labute approximate surface area is 112 Å². The summed E-state index contributed by atoms with van der Waals surface area (Å²) in [5.74, 6) is -0.158. The van der Waals surface area contributed by atoms with Gasteiger partial charge >= 0.3 is 0 Å². The molecule has 3 heteroatoms. The van der Waals surface area contributed by atoms with E-state index in [9.17, 15) is 4.79 Å². The molecule has 0 unspecified atom stereocenters. The Morgan fingerprint density at radius 1 is 1.00 bits per heavy atom. The molecular weight excluding hydrogens is 242 g/mol. The lowest BCUT2D eigenvalue weighted by Crippen LogP contribution is -2.20. The van der Waals surface area contributed by atoms with Gasteiger partial charge in [-0.05, 0) is 19.1 Å². The van der Waals surface area contributed by atoms with Crippen LogP contribution in [-0.2, 0) is 0 Å². The van der Waals surface area contributed by atoms with Crippen molar-refractivity contribution in [3.63, 3.8) is 0 Å². The van der Waals surface area contributed by atoms with Gasteiger partial charge in [0.1, 0.15) is 0 Å². The highest BCUT2D eigenvalue weighted by Gasteiger charge is 2.11. The van der Waals surface area contributed by atoms with Gasteiger partial charge in [-0.2, -0.15) is 0 Å². The van der Waals surface area contributed by atoms with Gasteiger partial charge in [0, 0.05) is 11.3 Å². The lowest BCUT2D eigenvalue weighted by molar-refractivity contribution is 0.106. The third kappa shape index (κ3) is 3.02. The summed E-state index contributed by atoms with van der Waals surface area (Å²) in [4.78, 5) is 12.3. The summed E-state index contributed by atoms with van der Waals surface area (Å²) in [7, 11) is 0. The number of hydrogen-bond donors (Lipinski definition) is 1. The first-order chi connectivity index (χ1) is 8.66. The minimum atomic E-state index is -0.158. The lowest BCUT2D eigenvalue weighted by Gasteiger charge is -2.07. The number of para-hydroxylation sites is 1.